The maximum Gasteiger partial charge on any atom is 0.293 e. The predicted molar refractivity (Wildman–Crippen MR) is 98.9 cm³/mol. The van der Waals surface area contributed by atoms with Gasteiger partial charge in [0.1, 0.15) is 5.75 Å². The van der Waals surface area contributed by atoms with Crippen LogP contribution in [0.4, 0.5) is 0 Å². The summed E-state index contributed by atoms with van der Waals surface area (Å²) in [5.41, 5.74) is 4.93. The van der Waals surface area contributed by atoms with Gasteiger partial charge in [0.25, 0.3) is 11.8 Å². The van der Waals surface area contributed by atoms with Crippen molar-refractivity contribution in [3.63, 3.8) is 0 Å². The summed E-state index contributed by atoms with van der Waals surface area (Å²) in [6.07, 6.45) is 7.60. The van der Waals surface area contributed by atoms with E-state index in [0.29, 0.717) is 23.4 Å². The molecule has 2 fully saturated rings. The Morgan fingerprint density at radius 2 is 1.73 bits per heavy atom. The molecule has 7 heteroatoms. The van der Waals surface area contributed by atoms with Crippen LogP contribution in [0.1, 0.15) is 38.5 Å². The van der Waals surface area contributed by atoms with Crippen molar-refractivity contribution in [3.8, 4) is 5.75 Å². The van der Waals surface area contributed by atoms with Gasteiger partial charge in [-0.15, -0.1) is 0 Å². The maximum absolute atomic E-state index is 12.2. The average molecular weight is 381 g/mol. The van der Waals surface area contributed by atoms with E-state index >= 15 is 0 Å². The number of carbonyl (C=O) groups excluding carboxylic acids is 2. The van der Waals surface area contributed by atoms with Crippen LogP contribution in [0, 0.1) is 5.92 Å². The molecule has 0 bridgehead atoms. The lowest BCUT2D eigenvalue weighted by atomic mass is 9.78. The van der Waals surface area contributed by atoms with Gasteiger partial charge in [-0.3, -0.25) is 20.4 Å². The quantitative estimate of drug-likeness (QED) is 0.670. The fourth-order valence-corrected chi connectivity index (χ4v) is 4.32. The number of hydrogen-bond donors (Lipinski definition) is 3. The molecule has 2 amide bonds. The van der Waals surface area contributed by atoms with E-state index in [1.807, 2.05) is 0 Å². The van der Waals surface area contributed by atoms with Gasteiger partial charge in [0.15, 0.2) is 13.2 Å². The van der Waals surface area contributed by atoms with Gasteiger partial charge in [-0.25, -0.2) is 0 Å². The Balaban J connectivity index is 1.37. The highest BCUT2D eigenvalue weighted by Crippen LogP contribution is 2.28. The van der Waals surface area contributed by atoms with Gasteiger partial charge in [0, 0.05) is 10.9 Å². The van der Waals surface area contributed by atoms with Crippen LogP contribution in [-0.2, 0) is 9.59 Å². The van der Waals surface area contributed by atoms with Gasteiger partial charge in [-0.05, 0) is 56.4 Å². The molecule has 0 radical (unpaired) electrons. The van der Waals surface area contributed by atoms with E-state index in [4.69, 9.17) is 16.3 Å². The molecule has 1 aliphatic heterocycles. The van der Waals surface area contributed by atoms with E-state index in [-0.39, 0.29) is 12.5 Å². The number of quaternary nitrogens is 1. The van der Waals surface area contributed by atoms with Gasteiger partial charge in [0.2, 0.25) is 0 Å². The Hall–Kier alpha value is -1.79. The second kappa shape index (κ2) is 9.24. The standard InChI is InChI=1S/C19H26ClN3O3/c20-15-7-9-16(10-8-15)26-13-19(25)22-21-18(24)12-23-11-3-5-14-4-1-2-6-17(14)23/h7-10,14,17H,1-6,11-13H2,(H,21,24)(H,22,25)/p+1/t14-,17+/m1/s1. The number of benzene rings is 1. The number of ether oxygens (including phenoxy) is 1. The monoisotopic (exact) mass is 380 g/mol. The predicted octanol–water partition coefficient (Wildman–Crippen LogP) is 1.10. The van der Waals surface area contributed by atoms with E-state index in [1.54, 1.807) is 24.3 Å². The highest BCUT2D eigenvalue weighted by molar-refractivity contribution is 6.30. The van der Waals surface area contributed by atoms with Crippen molar-refractivity contribution in [1.29, 1.82) is 0 Å². The molecule has 1 aromatic carbocycles. The number of hydrazine groups is 1. The molecule has 1 saturated heterocycles. The summed E-state index contributed by atoms with van der Waals surface area (Å²) in [5, 5.41) is 0.606. The minimum Gasteiger partial charge on any atom is -0.484 e. The Morgan fingerprint density at radius 1 is 1.04 bits per heavy atom. The van der Waals surface area contributed by atoms with E-state index in [2.05, 4.69) is 10.9 Å². The molecule has 1 aromatic rings. The zero-order valence-corrected chi connectivity index (χ0v) is 15.7. The van der Waals surface area contributed by atoms with Crippen LogP contribution in [0.5, 0.6) is 5.75 Å². The van der Waals surface area contributed by atoms with Gasteiger partial charge in [0.05, 0.1) is 12.6 Å². The largest absolute Gasteiger partial charge is 0.484 e. The molecule has 0 spiro atoms. The fraction of sp³-hybridized carbons (Fsp3) is 0.579. The van der Waals surface area contributed by atoms with Crippen molar-refractivity contribution in [2.75, 3.05) is 19.7 Å². The van der Waals surface area contributed by atoms with Crippen LogP contribution in [0.15, 0.2) is 24.3 Å². The first-order valence-corrected chi connectivity index (χ1v) is 9.80. The summed E-state index contributed by atoms with van der Waals surface area (Å²) < 4.78 is 5.35. The van der Waals surface area contributed by atoms with Crippen molar-refractivity contribution in [3.05, 3.63) is 29.3 Å². The number of fused-ring (bicyclic) bond motifs is 1. The smallest absolute Gasteiger partial charge is 0.293 e. The fourth-order valence-electron chi connectivity index (χ4n) is 4.19. The second-order valence-electron chi connectivity index (χ2n) is 7.22. The van der Waals surface area contributed by atoms with Gasteiger partial charge in [-0.2, -0.15) is 0 Å². The van der Waals surface area contributed by atoms with Gasteiger partial charge >= 0.3 is 0 Å². The lowest BCUT2D eigenvalue weighted by Crippen LogP contribution is -3.18. The summed E-state index contributed by atoms with van der Waals surface area (Å²) in [7, 11) is 0. The number of carbonyl (C=O) groups is 2. The summed E-state index contributed by atoms with van der Waals surface area (Å²) in [6.45, 7) is 1.30. The van der Waals surface area contributed by atoms with Crippen molar-refractivity contribution in [2.24, 2.45) is 5.92 Å². The van der Waals surface area contributed by atoms with Crippen LogP contribution in [-0.4, -0.2) is 37.6 Å². The molecule has 1 aliphatic carbocycles. The molecule has 1 heterocycles. The first kappa shape index (κ1) is 19.0. The molecule has 26 heavy (non-hydrogen) atoms. The summed E-state index contributed by atoms with van der Waals surface area (Å²) in [4.78, 5) is 25.4. The van der Waals surface area contributed by atoms with Crippen molar-refractivity contribution >= 4 is 23.4 Å². The molecule has 3 rings (SSSR count). The number of piperidine rings is 1. The Labute approximate surface area is 159 Å². The maximum atomic E-state index is 12.2. The molecule has 3 atom stereocenters. The third-order valence-corrected chi connectivity index (χ3v) is 5.67. The number of rotatable bonds is 5. The van der Waals surface area contributed by atoms with E-state index < -0.39 is 5.91 Å². The third-order valence-electron chi connectivity index (χ3n) is 5.42. The molecule has 3 N–H and O–H groups in total. The van der Waals surface area contributed by atoms with Crippen LogP contribution in [0.3, 0.4) is 0 Å². The first-order valence-electron chi connectivity index (χ1n) is 9.42. The van der Waals surface area contributed by atoms with E-state index in [0.717, 1.165) is 12.5 Å². The van der Waals surface area contributed by atoms with Crippen molar-refractivity contribution in [2.45, 2.75) is 44.6 Å². The third kappa shape index (κ3) is 5.35. The summed E-state index contributed by atoms with van der Waals surface area (Å²) >= 11 is 5.80. The molecular formula is C19H27ClN3O3+. The number of halogens is 1. The number of amides is 2. The van der Waals surface area contributed by atoms with Gasteiger partial charge < -0.3 is 9.64 Å². The lowest BCUT2D eigenvalue weighted by molar-refractivity contribution is -0.928. The minimum absolute atomic E-state index is 0.147. The van der Waals surface area contributed by atoms with Crippen LogP contribution >= 0.6 is 11.6 Å². The van der Waals surface area contributed by atoms with Crippen LogP contribution in [0.25, 0.3) is 0 Å². The normalized spacial score (nSPS) is 25.0. The molecule has 1 unspecified atom stereocenters. The number of hydrogen-bond acceptors (Lipinski definition) is 3. The zero-order chi connectivity index (χ0) is 18.4. The molecule has 2 aliphatic rings. The van der Waals surface area contributed by atoms with E-state index in [1.165, 1.54) is 43.4 Å². The van der Waals surface area contributed by atoms with Crippen molar-refractivity contribution < 1.29 is 19.2 Å². The Kier molecular flexibility index (Phi) is 6.74. The molecule has 6 nitrogen and oxygen atoms in total. The SMILES string of the molecule is O=C(COc1ccc(Cl)cc1)NNC(=O)C[NH+]1CCC[C@H]2CCCC[C@@H]21. The molecule has 0 aromatic heterocycles. The Morgan fingerprint density at radius 3 is 2.54 bits per heavy atom. The van der Waals surface area contributed by atoms with E-state index in [9.17, 15) is 9.59 Å². The zero-order valence-electron chi connectivity index (χ0n) is 14.9. The minimum atomic E-state index is -0.391. The first-order chi connectivity index (χ1) is 12.6. The number of likely N-dealkylation sites (tertiary alicyclic amines) is 1. The molecule has 142 valence electrons. The van der Waals surface area contributed by atoms with Crippen LogP contribution < -0.4 is 20.5 Å². The Bertz CT molecular complexity index is 621. The van der Waals surface area contributed by atoms with Gasteiger partial charge in [-0.1, -0.05) is 18.0 Å². The highest BCUT2D eigenvalue weighted by Gasteiger charge is 2.37. The summed E-state index contributed by atoms with van der Waals surface area (Å²) in [6, 6.07) is 7.36. The average Bonchev–Trinajstić information content (AvgIpc) is 2.66. The second-order valence-corrected chi connectivity index (χ2v) is 7.65. The number of nitrogens with one attached hydrogen (secondary N) is 3. The molecule has 1 saturated carbocycles. The molecular weight excluding hydrogens is 354 g/mol. The van der Waals surface area contributed by atoms with Crippen LogP contribution in [0.2, 0.25) is 5.02 Å². The lowest BCUT2D eigenvalue weighted by Gasteiger charge is -2.40. The summed E-state index contributed by atoms with van der Waals surface area (Å²) in [5.74, 6) is 0.781. The van der Waals surface area contributed by atoms with Crippen molar-refractivity contribution in [1.82, 2.24) is 10.9 Å². The highest BCUT2D eigenvalue weighted by atomic mass is 35.5. The topological polar surface area (TPSA) is 71.9 Å².